The lowest BCUT2D eigenvalue weighted by Gasteiger charge is -1.96. The van der Waals surface area contributed by atoms with E-state index in [1.165, 1.54) is 0 Å². The highest BCUT2D eigenvalue weighted by Crippen LogP contribution is 2.10. The van der Waals surface area contributed by atoms with Gasteiger partial charge in [0, 0.05) is 0 Å². The van der Waals surface area contributed by atoms with Crippen LogP contribution in [0.4, 0.5) is 5.82 Å². The average molecular weight is 155 g/mol. The van der Waals surface area contributed by atoms with Crippen molar-refractivity contribution in [1.82, 2.24) is 9.97 Å². The average Bonchev–Trinajstić information content (AvgIpc) is 1.99. The second-order valence-corrected chi connectivity index (χ2v) is 1.69. The third-order valence-electron chi connectivity index (χ3n) is 1.02. The van der Waals surface area contributed by atoms with Crippen LogP contribution in [0.25, 0.3) is 0 Å². The minimum Gasteiger partial charge on any atom is -0.500 e. The highest BCUT2D eigenvalue weighted by atomic mass is 16.3. The van der Waals surface area contributed by atoms with Crippen molar-refractivity contribution in [3.63, 3.8) is 0 Å². The largest absolute Gasteiger partial charge is 0.500 e. The molecule has 1 amide bonds. The molecule has 6 nitrogen and oxygen atoms in total. The van der Waals surface area contributed by atoms with E-state index in [1.807, 2.05) is 0 Å². The van der Waals surface area contributed by atoms with E-state index in [0.29, 0.717) is 6.41 Å². The summed E-state index contributed by atoms with van der Waals surface area (Å²) in [6.07, 6.45) is 1.40. The van der Waals surface area contributed by atoms with E-state index in [-0.39, 0.29) is 5.82 Å². The Bertz CT molecular complexity index is 319. The Kier molecular flexibility index (Phi) is 1.86. The van der Waals surface area contributed by atoms with E-state index < -0.39 is 11.3 Å². The van der Waals surface area contributed by atoms with Gasteiger partial charge in [-0.1, -0.05) is 0 Å². The van der Waals surface area contributed by atoms with Gasteiger partial charge in [-0.05, 0) is 0 Å². The van der Waals surface area contributed by atoms with Gasteiger partial charge >= 0.3 is 0 Å². The first-order chi connectivity index (χ1) is 5.25. The fourth-order valence-electron chi connectivity index (χ4n) is 0.554. The van der Waals surface area contributed by atoms with Gasteiger partial charge in [-0.25, -0.2) is 4.98 Å². The number of aromatic nitrogens is 2. The molecule has 0 aliphatic carbocycles. The molecule has 0 spiro atoms. The number of aromatic amines is 1. The van der Waals surface area contributed by atoms with Gasteiger partial charge < -0.3 is 15.4 Å². The fraction of sp³-hybridized carbons (Fsp3) is 0. The lowest BCUT2D eigenvalue weighted by atomic mass is 10.5. The number of hydrogen-bond acceptors (Lipinski definition) is 4. The molecule has 0 aliphatic heterocycles. The maximum absolute atomic E-state index is 10.6. The third-order valence-corrected chi connectivity index (χ3v) is 1.02. The molecule has 0 atom stereocenters. The van der Waals surface area contributed by atoms with Crippen molar-refractivity contribution in [3.8, 4) is 5.75 Å². The summed E-state index contributed by atoms with van der Waals surface area (Å²) in [5, 5.41) is 11.0. The zero-order valence-corrected chi connectivity index (χ0v) is 5.37. The quantitative estimate of drug-likeness (QED) is 0.479. The molecule has 1 aromatic rings. The van der Waals surface area contributed by atoms with Crippen LogP contribution in [0.5, 0.6) is 5.75 Å². The molecule has 0 radical (unpaired) electrons. The summed E-state index contributed by atoms with van der Waals surface area (Å²) in [7, 11) is 0. The SMILES string of the molecule is O=CNc1nc[nH]c(=O)c1O. The molecular formula is C5H5N3O3. The standard InChI is InChI=1S/C5H5N3O3/c9-2-8-4-3(10)5(11)7-1-6-4/h1-2,10H,(H2,6,7,8,9,11). The number of nitrogens with zero attached hydrogens (tertiary/aromatic N) is 1. The van der Waals surface area contributed by atoms with Crippen LogP contribution >= 0.6 is 0 Å². The third kappa shape index (κ3) is 1.34. The highest BCUT2D eigenvalue weighted by molar-refractivity contribution is 5.71. The van der Waals surface area contributed by atoms with Gasteiger partial charge in [0.15, 0.2) is 5.82 Å². The molecule has 0 aromatic carbocycles. The summed E-state index contributed by atoms with van der Waals surface area (Å²) in [6.45, 7) is 0. The highest BCUT2D eigenvalue weighted by Gasteiger charge is 2.03. The van der Waals surface area contributed by atoms with Crippen LogP contribution in [-0.4, -0.2) is 21.5 Å². The molecule has 0 aliphatic rings. The first-order valence-electron chi connectivity index (χ1n) is 2.72. The molecule has 1 aromatic heterocycles. The zero-order chi connectivity index (χ0) is 8.27. The first-order valence-corrected chi connectivity index (χ1v) is 2.72. The number of hydrogen-bond donors (Lipinski definition) is 3. The van der Waals surface area contributed by atoms with Gasteiger partial charge in [-0.3, -0.25) is 9.59 Å². The molecule has 11 heavy (non-hydrogen) atoms. The summed E-state index contributed by atoms with van der Waals surface area (Å²) in [5.41, 5.74) is -0.690. The van der Waals surface area contributed by atoms with Gasteiger partial charge in [0.05, 0.1) is 6.33 Å². The minimum atomic E-state index is -0.690. The van der Waals surface area contributed by atoms with Crippen LogP contribution in [0, 0.1) is 0 Å². The normalized spacial score (nSPS) is 9.09. The summed E-state index contributed by atoms with van der Waals surface area (Å²) in [6, 6.07) is 0. The van der Waals surface area contributed by atoms with Crippen molar-refractivity contribution in [2.45, 2.75) is 0 Å². The Balaban J connectivity index is 3.16. The number of anilines is 1. The molecule has 0 bridgehead atoms. The molecule has 6 heteroatoms. The lowest BCUT2D eigenvalue weighted by molar-refractivity contribution is -0.105. The number of H-pyrrole nitrogens is 1. The second-order valence-electron chi connectivity index (χ2n) is 1.69. The molecule has 3 N–H and O–H groups in total. The number of aromatic hydroxyl groups is 1. The van der Waals surface area contributed by atoms with Crippen molar-refractivity contribution in [3.05, 3.63) is 16.7 Å². The van der Waals surface area contributed by atoms with E-state index in [4.69, 9.17) is 5.11 Å². The van der Waals surface area contributed by atoms with Gasteiger partial charge in [-0.2, -0.15) is 0 Å². The van der Waals surface area contributed by atoms with Crippen molar-refractivity contribution in [1.29, 1.82) is 0 Å². The summed E-state index contributed by atoms with van der Waals surface area (Å²) < 4.78 is 0. The number of nitrogens with one attached hydrogen (secondary N) is 2. The Labute approximate surface area is 60.9 Å². The minimum absolute atomic E-state index is 0.149. The van der Waals surface area contributed by atoms with Gasteiger partial charge in [0.1, 0.15) is 0 Å². The number of rotatable bonds is 2. The van der Waals surface area contributed by atoms with Crippen LogP contribution in [0.15, 0.2) is 11.1 Å². The summed E-state index contributed by atoms with van der Waals surface area (Å²) in [5.74, 6) is -0.747. The van der Waals surface area contributed by atoms with E-state index in [0.717, 1.165) is 6.33 Å². The molecule has 0 unspecified atom stereocenters. The predicted octanol–water partition coefficient (Wildman–Crippen LogP) is -0.956. The summed E-state index contributed by atoms with van der Waals surface area (Å²) in [4.78, 5) is 26.1. The Morgan fingerprint density at radius 3 is 3.09 bits per heavy atom. The molecule has 1 heterocycles. The predicted molar refractivity (Wildman–Crippen MR) is 36.2 cm³/mol. The van der Waals surface area contributed by atoms with E-state index >= 15 is 0 Å². The topological polar surface area (TPSA) is 95.1 Å². The van der Waals surface area contributed by atoms with E-state index in [9.17, 15) is 9.59 Å². The Morgan fingerprint density at radius 1 is 1.73 bits per heavy atom. The maximum Gasteiger partial charge on any atom is 0.295 e. The van der Waals surface area contributed by atoms with Crippen molar-refractivity contribution in [2.24, 2.45) is 0 Å². The van der Waals surface area contributed by atoms with Crippen LogP contribution in [0.2, 0.25) is 0 Å². The Hall–Kier alpha value is -1.85. The van der Waals surface area contributed by atoms with Crippen molar-refractivity contribution in [2.75, 3.05) is 5.32 Å². The molecule has 1 rings (SSSR count). The zero-order valence-electron chi connectivity index (χ0n) is 5.37. The van der Waals surface area contributed by atoms with E-state index in [2.05, 4.69) is 15.3 Å². The van der Waals surface area contributed by atoms with Crippen LogP contribution in [-0.2, 0) is 4.79 Å². The molecule has 58 valence electrons. The monoisotopic (exact) mass is 155 g/mol. The Morgan fingerprint density at radius 2 is 2.45 bits per heavy atom. The smallest absolute Gasteiger partial charge is 0.295 e. The summed E-state index contributed by atoms with van der Waals surface area (Å²) >= 11 is 0. The van der Waals surface area contributed by atoms with Crippen molar-refractivity contribution >= 4 is 12.2 Å². The van der Waals surface area contributed by atoms with Crippen LogP contribution in [0.1, 0.15) is 0 Å². The van der Waals surface area contributed by atoms with Gasteiger partial charge in [0.2, 0.25) is 12.2 Å². The second kappa shape index (κ2) is 2.82. The lowest BCUT2D eigenvalue weighted by Crippen LogP contribution is -2.09. The first kappa shape index (κ1) is 7.26. The van der Waals surface area contributed by atoms with Crippen molar-refractivity contribution < 1.29 is 9.90 Å². The molecular weight excluding hydrogens is 150 g/mol. The van der Waals surface area contributed by atoms with E-state index in [1.54, 1.807) is 0 Å². The van der Waals surface area contributed by atoms with Gasteiger partial charge in [0.25, 0.3) is 5.56 Å². The van der Waals surface area contributed by atoms with Gasteiger partial charge in [-0.15, -0.1) is 0 Å². The maximum atomic E-state index is 10.6. The fourth-order valence-corrected chi connectivity index (χ4v) is 0.554. The van der Waals surface area contributed by atoms with Crippen LogP contribution < -0.4 is 10.9 Å². The molecule has 0 saturated heterocycles. The van der Waals surface area contributed by atoms with Crippen LogP contribution in [0.3, 0.4) is 0 Å². The molecule has 0 saturated carbocycles. The number of carbonyl (C=O) groups excluding carboxylic acids is 1. The number of carbonyl (C=O) groups is 1. The molecule has 0 fully saturated rings. The number of amides is 1.